The van der Waals surface area contributed by atoms with E-state index in [0.29, 0.717) is 11.7 Å². The van der Waals surface area contributed by atoms with E-state index in [2.05, 4.69) is 29.1 Å². The first-order valence-corrected chi connectivity index (χ1v) is 7.83. The maximum Gasteiger partial charge on any atom is 0.236 e. The third kappa shape index (κ3) is 3.48. The highest BCUT2D eigenvalue weighted by atomic mass is 32.2. The molecule has 0 saturated carbocycles. The fourth-order valence-electron chi connectivity index (χ4n) is 1.87. The molecule has 0 saturated heterocycles. The topological polar surface area (TPSA) is 60.6 Å². The first-order chi connectivity index (χ1) is 10.2. The smallest absolute Gasteiger partial charge is 0.236 e. The van der Waals surface area contributed by atoms with E-state index in [-0.39, 0.29) is 6.79 Å². The van der Waals surface area contributed by atoms with Gasteiger partial charge in [0.15, 0.2) is 11.5 Å². The van der Waals surface area contributed by atoms with Crippen molar-refractivity contribution in [2.45, 2.75) is 5.75 Å². The molecule has 1 aromatic carbocycles. The van der Waals surface area contributed by atoms with Gasteiger partial charge in [0, 0.05) is 17.9 Å². The zero-order valence-corrected chi connectivity index (χ0v) is 12.9. The molecule has 0 spiro atoms. The van der Waals surface area contributed by atoms with Crippen molar-refractivity contribution in [2.75, 3.05) is 33.2 Å². The number of ether oxygens (including phenoxy) is 2. The number of rotatable bonds is 6. The molecule has 2 aromatic rings. The van der Waals surface area contributed by atoms with Crippen molar-refractivity contribution >= 4 is 11.8 Å². The number of benzene rings is 1. The lowest BCUT2D eigenvalue weighted by molar-refractivity contribution is 0.174. The molecule has 2 heterocycles. The predicted octanol–water partition coefficient (Wildman–Crippen LogP) is 2.26. The minimum atomic E-state index is 0.263. The van der Waals surface area contributed by atoms with Gasteiger partial charge in [0.2, 0.25) is 18.5 Å². The Morgan fingerprint density at radius 1 is 1.24 bits per heavy atom. The van der Waals surface area contributed by atoms with Crippen LogP contribution in [0.3, 0.4) is 0 Å². The Kier molecular flexibility index (Phi) is 4.31. The molecule has 21 heavy (non-hydrogen) atoms. The van der Waals surface area contributed by atoms with Crippen LogP contribution in [0.2, 0.25) is 0 Å². The van der Waals surface area contributed by atoms with Gasteiger partial charge in [0.05, 0.1) is 5.75 Å². The summed E-state index contributed by atoms with van der Waals surface area (Å²) in [5, 5.41) is 4.02. The van der Waals surface area contributed by atoms with Crippen LogP contribution in [0.25, 0.3) is 11.4 Å². The number of hydrogen-bond donors (Lipinski definition) is 0. The van der Waals surface area contributed by atoms with Gasteiger partial charge in [0.1, 0.15) is 0 Å². The van der Waals surface area contributed by atoms with Gasteiger partial charge in [-0.25, -0.2) is 0 Å². The molecule has 0 fully saturated rings. The normalized spacial score (nSPS) is 13.1. The molecule has 3 rings (SSSR count). The molecule has 0 amide bonds. The van der Waals surface area contributed by atoms with Crippen LogP contribution in [0.15, 0.2) is 22.7 Å². The van der Waals surface area contributed by atoms with Crippen LogP contribution in [-0.4, -0.2) is 48.2 Å². The zero-order valence-electron chi connectivity index (χ0n) is 12.0. The van der Waals surface area contributed by atoms with Crippen molar-refractivity contribution in [3.05, 3.63) is 24.1 Å². The van der Waals surface area contributed by atoms with Gasteiger partial charge in [-0.1, -0.05) is 5.16 Å². The van der Waals surface area contributed by atoms with E-state index in [9.17, 15) is 0 Å². The molecular weight excluding hydrogens is 290 g/mol. The molecule has 0 N–H and O–H groups in total. The van der Waals surface area contributed by atoms with E-state index in [4.69, 9.17) is 14.0 Å². The quantitative estimate of drug-likeness (QED) is 0.759. The summed E-state index contributed by atoms with van der Waals surface area (Å²) in [6.45, 7) is 1.30. The van der Waals surface area contributed by atoms with E-state index in [1.54, 1.807) is 11.8 Å². The van der Waals surface area contributed by atoms with Crippen LogP contribution >= 0.6 is 11.8 Å². The lowest BCUT2D eigenvalue weighted by Crippen LogP contribution is -2.14. The van der Waals surface area contributed by atoms with Crippen molar-refractivity contribution in [2.24, 2.45) is 0 Å². The van der Waals surface area contributed by atoms with Gasteiger partial charge >= 0.3 is 0 Å². The molecule has 6 nitrogen and oxygen atoms in total. The summed E-state index contributed by atoms with van der Waals surface area (Å²) >= 11 is 1.78. The van der Waals surface area contributed by atoms with Crippen LogP contribution in [0.5, 0.6) is 11.5 Å². The summed E-state index contributed by atoms with van der Waals surface area (Å²) in [5.74, 6) is 4.46. The number of thioether (sulfide) groups is 1. The average Bonchev–Trinajstić information content (AvgIpc) is 3.11. The third-order valence-electron chi connectivity index (χ3n) is 3.01. The highest BCUT2D eigenvalue weighted by molar-refractivity contribution is 7.98. The van der Waals surface area contributed by atoms with Crippen molar-refractivity contribution in [1.29, 1.82) is 0 Å². The average molecular weight is 307 g/mol. The summed E-state index contributed by atoms with van der Waals surface area (Å²) in [7, 11) is 4.12. The van der Waals surface area contributed by atoms with E-state index in [0.717, 1.165) is 35.1 Å². The van der Waals surface area contributed by atoms with Gasteiger partial charge in [-0.15, -0.1) is 0 Å². The second-order valence-corrected chi connectivity index (χ2v) is 6.04. The lowest BCUT2D eigenvalue weighted by Gasteiger charge is -2.07. The molecular formula is C14H17N3O3S. The van der Waals surface area contributed by atoms with Crippen LogP contribution < -0.4 is 9.47 Å². The fourth-order valence-corrected chi connectivity index (χ4v) is 2.80. The lowest BCUT2D eigenvalue weighted by atomic mass is 10.2. The second-order valence-electron chi connectivity index (χ2n) is 4.94. The number of aromatic nitrogens is 2. The maximum atomic E-state index is 5.35. The van der Waals surface area contributed by atoms with Crippen molar-refractivity contribution < 1.29 is 14.0 Å². The van der Waals surface area contributed by atoms with Gasteiger partial charge in [-0.2, -0.15) is 16.7 Å². The Labute approximate surface area is 127 Å². The second kappa shape index (κ2) is 6.36. The predicted molar refractivity (Wildman–Crippen MR) is 80.6 cm³/mol. The Morgan fingerprint density at radius 2 is 2.10 bits per heavy atom. The number of hydrogen-bond acceptors (Lipinski definition) is 7. The van der Waals surface area contributed by atoms with Crippen molar-refractivity contribution in [1.82, 2.24) is 15.0 Å². The summed E-state index contributed by atoms with van der Waals surface area (Å²) < 4.78 is 15.9. The van der Waals surface area contributed by atoms with Gasteiger partial charge in [0.25, 0.3) is 0 Å². The van der Waals surface area contributed by atoms with Crippen molar-refractivity contribution in [3.8, 4) is 22.9 Å². The molecule has 0 atom stereocenters. The first kappa shape index (κ1) is 14.2. The zero-order chi connectivity index (χ0) is 14.7. The van der Waals surface area contributed by atoms with Gasteiger partial charge in [-0.3, -0.25) is 0 Å². The minimum Gasteiger partial charge on any atom is -0.454 e. The Morgan fingerprint density at radius 3 is 2.95 bits per heavy atom. The summed E-state index contributed by atoms with van der Waals surface area (Å²) in [5.41, 5.74) is 0.868. The molecule has 0 bridgehead atoms. The Bertz CT molecular complexity index is 615. The van der Waals surface area contributed by atoms with E-state index in [1.165, 1.54) is 0 Å². The molecule has 0 aliphatic carbocycles. The molecule has 1 aliphatic rings. The largest absolute Gasteiger partial charge is 0.454 e. The van der Waals surface area contributed by atoms with Gasteiger partial charge in [-0.05, 0) is 32.3 Å². The Hall–Kier alpha value is -1.73. The standard InChI is InChI=1S/C14H17N3O3S/c1-17(2)5-6-21-8-13-15-14(16-20-13)10-3-4-11-12(7-10)19-9-18-11/h3-4,7H,5-6,8-9H2,1-2H3. The number of nitrogens with zero attached hydrogens (tertiary/aromatic N) is 3. The van der Waals surface area contributed by atoms with Gasteiger partial charge < -0.3 is 18.9 Å². The van der Waals surface area contributed by atoms with Crippen LogP contribution in [0.4, 0.5) is 0 Å². The molecule has 0 unspecified atom stereocenters. The third-order valence-corrected chi connectivity index (χ3v) is 3.93. The van der Waals surface area contributed by atoms with E-state index < -0.39 is 0 Å². The van der Waals surface area contributed by atoms with E-state index >= 15 is 0 Å². The van der Waals surface area contributed by atoms with Crippen LogP contribution in [-0.2, 0) is 5.75 Å². The summed E-state index contributed by atoms with van der Waals surface area (Å²) in [4.78, 5) is 6.57. The minimum absolute atomic E-state index is 0.263. The fraction of sp³-hybridized carbons (Fsp3) is 0.429. The summed E-state index contributed by atoms with van der Waals surface area (Å²) in [6, 6.07) is 5.64. The summed E-state index contributed by atoms with van der Waals surface area (Å²) in [6.07, 6.45) is 0. The monoisotopic (exact) mass is 307 g/mol. The Balaban J connectivity index is 1.62. The van der Waals surface area contributed by atoms with Crippen LogP contribution in [0.1, 0.15) is 5.89 Å². The number of fused-ring (bicyclic) bond motifs is 1. The molecule has 1 aliphatic heterocycles. The first-order valence-electron chi connectivity index (χ1n) is 6.67. The molecule has 0 radical (unpaired) electrons. The van der Waals surface area contributed by atoms with Crippen molar-refractivity contribution in [3.63, 3.8) is 0 Å². The molecule has 1 aromatic heterocycles. The highest BCUT2D eigenvalue weighted by Gasteiger charge is 2.16. The SMILES string of the molecule is CN(C)CCSCc1nc(-c2ccc3c(c2)OCO3)no1. The van der Waals surface area contributed by atoms with E-state index in [1.807, 2.05) is 18.2 Å². The maximum absolute atomic E-state index is 5.35. The van der Waals surface area contributed by atoms with Crippen LogP contribution in [0, 0.1) is 0 Å². The molecule has 7 heteroatoms. The highest BCUT2D eigenvalue weighted by Crippen LogP contribution is 2.35. The molecule has 112 valence electrons.